The summed E-state index contributed by atoms with van der Waals surface area (Å²) in [5.74, 6) is 0.769. The molecule has 1 atom stereocenters. The number of methoxy groups -OCH3 is 1. The average molecular weight is 387 g/mol. The second kappa shape index (κ2) is 6.52. The molecule has 0 aliphatic carbocycles. The molecule has 0 spiro atoms. The van der Waals surface area contributed by atoms with E-state index in [2.05, 4.69) is 4.98 Å². The van der Waals surface area contributed by atoms with Gasteiger partial charge in [0.2, 0.25) is 10.0 Å². The molecule has 5 nitrogen and oxygen atoms in total. The van der Waals surface area contributed by atoms with Crippen molar-refractivity contribution >= 4 is 33.2 Å². The van der Waals surface area contributed by atoms with Gasteiger partial charge < -0.3 is 4.74 Å². The molecule has 24 heavy (non-hydrogen) atoms. The molecule has 1 aliphatic heterocycles. The van der Waals surface area contributed by atoms with Gasteiger partial charge >= 0.3 is 0 Å². The third-order valence-electron chi connectivity index (χ3n) is 4.21. The predicted octanol–water partition coefficient (Wildman–Crippen LogP) is 3.71. The first-order valence-electron chi connectivity index (χ1n) is 7.34. The molecule has 1 unspecified atom stereocenters. The summed E-state index contributed by atoms with van der Waals surface area (Å²) in [6.45, 7) is 2.25. The minimum Gasteiger partial charge on any atom is -0.497 e. The van der Waals surface area contributed by atoms with Crippen LogP contribution in [0.1, 0.15) is 24.1 Å². The Morgan fingerprint density at radius 3 is 2.71 bits per heavy atom. The highest BCUT2D eigenvalue weighted by molar-refractivity contribution is 7.89. The largest absolute Gasteiger partial charge is 0.497 e. The van der Waals surface area contributed by atoms with E-state index in [1.165, 1.54) is 16.6 Å². The van der Waals surface area contributed by atoms with Gasteiger partial charge in [0.25, 0.3) is 0 Å². The maximum absolute atomic E-state index is 13.0. The molecular weight excluding hydrogens is 371 g/mol. The van der Waals surface area contributed by atoms with Crippen molar-refractivity contribution in [1.82, 2.24) is 9.29 Å². The summed E-state index contributed by atoms with van der Waals surface area (Å²) in [5, 5.41) is 0.201. The van der Waals surface area contributed by atoms with Gasteiger partial charge in [0.1, 0.15) is 15.8 Å². The van der Waals surface area contributed by atoms with E-state index in [-0.39, 0.29) is 21.1 Å². The van der Waals surface area contributed by atoms with E-state index in [9.17, 15) is 8.42 Å². The van der Waals surface area contributed by atoms with E-state index in [4.69, 9.17) is 27.9 Å². The zero-order valence-corrected chi connectivity index (χ0v) is 15.5. The number of benzene rings is 1. The Labute approximate surface area is 151 Å². The van der Waals surface area contributed by atoms with Crippen LogP contribution in [0.4, 0.5) is 0 Å². The van der Waals surface area contributed by atoms with Crippen LogP contribution in [0.5, 0.6) is 5.75 Å². The average Bonchev–Trinajstić information content (AvgIpc) is 2.56. The number of sulfonamides is 1. The van der Waals surface area contributed by atoms with E-state index < -0.39 is 10.0 Å². The van der Waals surface area contributed by atoms with Gasteiger partial charge in [0, 0.05) is 18.8 Å². The Hall–Kier alpha value is -1.34. The molecule has 0 radical (unpaired) electrons. The molecule has 0 saturated heterocycles. The lowest BCUT2D eigenvalue weighted by molar-refractivity contribution is 0.325. The van der Waals surface area contributed by atoms with Crippen molar-refractivity contribution in [3.63, 3.8) is 0 Å². The lowest BCUT2D eigenvalue weighted by Gasteiger charge is -2.34. The summed E-state index contributed by atoms with van der Waals surface area (Å²) in [6, 6.07) is 6.75. The zero-order valence-electron chi connectivity index (χ0n) is 13.2. The first-order valence-corrected chi connectivity index (χ1v) is 9.54. The van der Waals surface area contributed by atoms with Crippen molar-refractivity contribution < 1.29 is 13.2 Å². The first kappa shape index (κ1) is 17.5. The maximum atomic E-state index is 13.0. The van der Waals surface area contributed by atoms with E-state index in [1.54, 1.807) is 7.11 Å². The van der Waals surface area contributed by atoms with Gasteiger partial charge in [-0.15, -0.1) is 0 Å². The number of hydrogen-bond donors (Lipinski definition) is 0. The number of hydrogen-bond acceptors (Lipinski definition) is 4. The molecule has 2 heterocycles. The Bertz CT molecular complexity index is 887. The maximum Gasteiger partial charge on any atom is 0.245 e. The number of ether oxygens (including phenoxy) is 1. The van der Waals surface area contributed by atoms with Crippen LogP contribution in [0, 0.1) is 0 Å². The number of nitrogens with zero attached hydrogens (tertiary/aromatic N) is 2. The molecule has 0 N–H and O–H groups in total. The van der Waals surface area contributed by atoms with Crippen molar-refractivity contribution in [2.45, 2.75) is 24.3 Å². The molecule has 3 rings (SSSR count). The Morgan fingerprint density at radius 1 is 1.29 bits per heavy atom. The fourth-order valence-electron chi connectivity index (χ4n) is 2.92. The van der Waals surface area contributed by atoms with Crippen LogP contribution in [-0.4, -0.2) is 31.4 Å². The van der Waals surface area contributed by atoms with Crippen molar-refractivity contribution in [2.75, 3.05) is 13.7 Å². The third kappa shape index (κ3) is 2.99. The normalized spacial score (nSPS) is 18.2. The monoisotopic (exact) mass is 386 g/mol. The van der Waals surface area contributed by atoms with Gasteiger partial charge in [-0.3, -0.25) is 0 Å². The van der Waals surface area contributed by atoms with Gasteiger partial charge in [-0.1, -0.05) is 29.3 Å². The highest BCUT2D eigenvalue weighted by atomic mass is 35.5. The lowest BCUT2D eigenvalue weighted by Crippen LogP contribution is -2.38. The van der Waals surface area contributed by atoms with Crippen molar-refractivity contribution in [2.24, 2.45) is 0 Å². The van der Waals surface area contributed by atoms with Crippen LogP contribution in [0.3, 0.4) is 0 Å². The molecule has 0 fully saturated rings. The van der Waals surface area contributed by atoms with Gasteiger partial charge in [0.15, 0.2) is 0 Å². The lowest BCUT2D eigenvalue weighted by atomic mass is 9.95. The van der Waals surface area contributed by atoms with Gasteiger partial charge in [-0.05, 0) is 42.7 Å². The minimum absolute atomic E-state index is 0.0423. The fraction of sp³-hybridized carbons (Fsp3) is 0.312. The van der Waals surface area contributed by atoms with Crippen molar-refractivity contribution in [3.05, 3.63) is 51.8 Å². The summed E-state index contributed by atoms with van der Waals surface area (Å²) in [6.07, 6.45) is 1.85. The van der Waals surface area contributed by atoms with Crippen LogP contribution >= 0.6 is 23.2 Å². The second-order valence-electron chi connectivity index (χ2n) is 5.55. The molecule has 0 saturated carbocycles. The summed E-state index contributed by atoms with van der Waals surface area (Å²) in [5.41, 5.74) is 2.07. The van der Waals surface area contributed by atoms with E-state index >= 15 is 0 Å². The van der Waals surface area contributed by atoms with Crippen LogP contribution in [-0.2, 0) is 16.4 Å². The Kier molecular flexibility index (Phi) is 4.75. The summed E-state index contributed by atoms with van der Waals surface area (Å²) in [4.78, 5) is 3.89. The number of aromatic nitrogens is 1. The minimum atomic E-state index is -3.71. The number of pyridine rings is 1. The Morgan fingerprint density at radius 2 is 2.04 bits per heavy atom. The molecule has 1 aliphatic rings. The molecule has 8 heteroatoms. The molecule has 2 aromatic rings. The summed E-state index contributed by atoms with van der Waals surface area (Å²) in [7, 11) is -2.10. The highest BCUT2D eigenvalue weighted by Crippen LogP contribution is 2.36. The fourth-order valence-corrected chi connectivity index (χ4v) is 4.84. The number of fused-ring (bicyclic) bond motifs is 1. The van der Waals surface area contributed by atoms with Gasteiger partial charge in [-0.25, -0.2) is 13.4 Å². The zero-order chi connectivity index (χ0) is 17.5. The smallest absolute Gasteiger partial charge is 0.245 e. The van der Waals surface area contributed by atoms with Crippen LogP contribution < -0.4 is 4.74 Å². The molecular formula is C16H16Cl2N2O3S. The number of rotatable bonds is 3. The van der Waals surface area contributed by atoms with Gasteiger partial charge in [0.05, 0.1) is 12.1 Å². The van der Waals surface area contributed by atoms with Crippen LogP contribution in [0.25, 0.3) is 0 Å². The molecule has 1 aromatic heterocycles. The molecule has 0 amide bonds. The van der Waals surface area contributed by atoms with Crippen LogP contribution in [0.15, 0.2) is 35.4 Å². The summed E-state index contributed by atoms with van der Waals surface area (Å²) >= 11 is 11.7. The summed E-state index contributed by atoms with van der Waals surface area (Å²) < 4.78 is 32.6. The standard InChI is InChI=1S/C16H16Cl2N2O3S/c1-10-14-4-3-12(23-2)7-11(14)5-6-20(10)24(21,22)13-8-15(17)16(18)19-9-13/h3-4,7-10H,5-6H2,1-2H3. The van der Waals surface area contributed by atoms with E-state index in [0.29, 0.717) is 13.0 Å². The van der Waals surface area contributed by atoms with Crippen molar-refractivity contribution in [3.8, 4) is 5.75 Å². The molecule has 1 aromatic carbocycles. The van der Waals surface area contributed by atoms with Crippen LogP contribution in [0.2, 0.25) is 10.2 Å². The Balaban J connectivity index is 1.98. The quantitative estimate of drug-likeness (QED) is 0.754. The SMILES string of the molecule is COc1ccc2c(c1)CCN(S(=O)(=O)c1cnc(Cl)c(Cl)c1)C2C. The van der Waals surface area contributed by atoms with E-state index in [0.717, 1.165) is 16.9 Å². The third-order valence-corrected chi connectivity index (χ3v) is 6.83. The van der Waals surface area contributed by atoms with Gasteiger partial charge in [-0.2, -0.15) is 4.31 Å². The van der Waals surface area contributed by atoms with Crippen molar-refractivity contribution in [1.29, 1.82) is 0 Å². The topological polar surface area (TPSA) is 59.5 Å². The molecule has 0 bridgehead atoms. The first-order chi connectivity index (χ1) is 11.3. The predicted molar refractivity (Wildman–Crippen MR) is 93.3 cm³/mol. The molecule has 128 valence electrons. The second-order valence-corrected chi connectivity index (χ2v) is 8.21. The van der Waals surface area contributed by atoms with E-state index in [1.807, 2.05) is 25.1 Å². The number of halogens is 2. The highest BCUT2D eigenvalue weighted by Gasteiger charge is 2.34.